The summed E-state index contributed by atoms with van der Waals surface area (Å²) in [6, 6.07) is 9.22. The van der Waals surface area contributed by atoms with E-state index in [2.05, 4.69) is 10.2 Å². The molecule has 0 spiro atoms. The number of nitrogen functional groups attached to an aromatic ring is 1. The summed E-state index contributed by atoms with van der Waals surface area (Å²) in [4.78, 5) is 11.4. The molecule has 3 aromatic rings. The second kappa shape index (κ2) is 5.86. The predicted octanol–water partition coefficient (Wildman–Crippen LogP) is 2.17. The summed E-state index contributed by atoms with van der Waals surface area (Å²) in [6.07, 6.45) is -0.800. The molecule has 1 amide bonds. The Kier molecular flexibility index (Phi) is 3.86. The first kappa shape index (κ1) is 15.8. The maximum absolute atomic E-state index is 13.7. The Morgan fingerprint density at radius 2 is 1.96 bits per heavy atom. The van der Waals surface area contributed by atoms with E-state index in [0.717, 1.165) is 0 Å². The lowest BCUT2D eigenvalue weighted by Gasteiger charge is -2.14. The van der Waals surface area contributed by atoms with Gasteiger partial charge in [-0.1, -0.05) is 24.3 Å². The molecule has 0 radical (unpaired) electrons. The van der Waals surface area contributed by atoms with Crippen molar-refractivity contribution < 1.29 is 14.3 Å². The number of anilines is 1. The number of hydrogen-bond acceptors (Lipinski definition) is 5. The van der Waals surface area contributed by atoms with Gasteiger partial charge in [0.05, 0.1) is 11.8 Å². The van der Waals surface area contributed by atoms with Crippen LogP contribution in [0.4, 0.5) is 10.1 Å². The maximum atomic E-state index is 13.7. The highest BCUT2D eigenvalue weighted by Gasteiger charge is 2.18. The third-order valence-corrected chi connectivity index (χ3v) is 3.82. The number of aliphatic hydroxyl groups is 1. The van der Waals surface area contributed by atoms with Gasteiger partial charge < -0.3 is 16.6 Å². The molecule has 1 aromatic heterocycles. The van der Waals surface area contributed by atoms with Crippen LogP contribution in [0.1, 0.15) is 29.1 Å². The van der Waals surface area contributed by atoms with Crippen LogP contribution in [0.25, 0.3) is 22.0 Å². The molecule has 7 heteroatoms. The molecule has 3 rings (SSSR count). The van der Waals surface area contributed by atoms with E-state index < -0.39 is 17.8 Å². The Balaban J connectivity index is 2.35. The first-order valence-corrected chi connectivity index (χ1v) is 7.22. The number of rotatable bonds is 3. The van der Waals surface area contributed by atoms with E-state index in [1.165, 1.54) is 18.2 Å². The summed E-state index contributed by atoms with van der Waals surface area (Å²) in [7, 11) is 0. The van der Waals surface area contributed by atoms with E-state index in [4.69, 9.17) is 11.5 Å². The van der Waals surface area contributed by atoms with Gasteiger partial charge >= 0.3 is 0 Å². The second-order valence-corrected chi connectivity index (χ2v) is 5.44. The quantitative estimate of drug-likeness (QED) is 0.682. The molecular formula is C17H15FN4O2. The van der Waals surface area contributed by atoms with Crippen LogP contribution in [-0.4, -0.2) is 21.2 Å². The van der Waals surface area contributed by atoms with Crippen molar-refractivity contribution in [3.63, 3.8) is 0 Å². The van der Waals surface area contributed by atoms with Crippen LogP contribution in [0.3, 0.4) is 0 Å². The summed E-state index contributed by atoms with van der Waals surface area (Å²) in [6.45, 7) is 1.59. The second-order valence-electron chi connectivity index (χ2n) is 5.44. The average Bonchev–Trinajstić information content (AvgIpc) is 2.54. The number of primary amides is 1. The fourth-order valence-electron chi connectivity index (χ4n) is 2.68. The van der Waals surface area contributed by atoms with Crippen molar-refractivity contribution in [2.75, 3.05) is 5.73 Å². The first-order valence-electron chi connectivity index (χ1n) is 7.22. The number of hydrogen-bond donors (Lipinski definition) is 3. The lowest BCUT2D eigenvalue weighted by Crippen LogP contribution is -2.16. The van der Waals surface area contributed by atoms with Gasteiger partial charge in [0.15, 0.2) is 5.69 Å². The third-order valence-electron chi connectivity index (χ3n) is 3.82. The highest BCUT2D eigenvalue weighted by atomic mass is 19.1. The van der Waals surface area contributed by atoms with Crippen molar-refractivity contribution in [1.82, 2.24) is 10.2 Å². The fourth-order valence-corrected chi connectivity index (χ4v) is 2.68. The summed E-state index contributed by atoms with van der Waals surface area (Å²) in [5, 5.41) is 18.3. The molecule has 0 aliphatic rings. The van der Waals surface area contributed by atoms with Crippen molar-refractivity contribution >= 4 is 22.5 Å². The van der Waals surface area contributed by atoms with Crippen molar-refractivity contribution in [3.05, 3.63) is 53.5 Å². The highest BCUT2D eigenvalue weighted by Crippen LogP contribution is 2.35. The molecule has 2 aromatic carbocycles. The number of aromatic nitrogens is 2. The molecule has 1 unspecified atom stereocenters. The predicted molar refractivity (Wildman–Crippen MR) is 88.5 cm³/mol. The van der Waals surface area contributed by atoms with Crippen molar-refractivity contribution in [1.29, 1.82) is 0 Å². The van der Waals surface area contributed by atoms with Gasteiger partial charge in [0.25, 0.3) is 5.91 Å². The molecule has 0 saturated heterocycles. The van der Waals surface area contributed by atoms with Gasteiger partial charge in [-0.3, -0.25) is 4.79 Å². The van der Waals surface area contributed by atoms with Gasteiger partial charge in [-0.25, -0.2) is 4.39 Å². The number of nitrogens with zero attached hydrogens (tertiary/aromatic N) is 2. The Bertz CT molecular complexity index is 957. The van der Waals surface area contributed by atoms with Crippen molar-refractivity contribution in [3.8, 4) is 11.1 Å². The molecule has 122 valence electrons. The van der Waals surface area contributed by atoms with Gasteiger partial charge in [0, 0.05) is 10.9 Å². The summed E-state index contributed by atoms with van der Waals surface area (Å²) >= 11 is 0. The summed E-state index contributed by atoms with van der Waals surface area (Å²) in [5.74, 6) is -1.22. The van der Waals surface area contributed by atoms with E-state index in [-0.39, 0.29) is 11.4 Å². The van der Waals surface area contributed by atoms with Crippen LogP contribution in [0.5, 0.6) is 0 Å². The molecule has 24 heavy (non-hydrogen) atoms. The van der Waals surface area contributed by atoms with Crippen LogP contribution in [0.2, 0.25) is 0 Å². The number of aliphatic hydroxyl groups excluding tert-OH is 1. The van der Waals surface area contributed by atoms with Crippen LogP contribution < -0.4 is 11.5 Å². The molecular weight excluding hydrogens is 311 g/mol. The number of carbonyl (C=O) groups is 1. The van der Waals surface area contributed by atoms with E-state index in [1.54, 1.807) is 25.1 Å². The zero-order valence-corrected chi connectivity index (χ0v) is 12.8. The normalized spacial score (nSPS) is 12.3. The summed E-state index contributed by atoms with van der Waals surface area (Å²) in [5.41, 5.74) is 13.2. The Labute approximate surface area is 136 Å². The number of amides is 1. The van der Waals surface area contributed by atoms with Crippen LogP contribution >= 0.6 is 0 Å². The minimum atomic E-state index is -0.800. The number of halogens is 1. The molecule has 0 saturated carbocycles. The number of fused-ring (bicyclic) bond motifs is 1. The number of carbonyl (C=O) groups excluding carboxylic acids is 1. The van der Waals surface area contributed by atoms with Crippen molar-refractivity contribution in [2.45, 2.75) is 13.0 Å². The monoisotopic (exact) mass is 326 g/mol. The van der Waals surface area contributed by atoms with Crippen LogP contribution in [-0.2, 0) is 0 Å². The largest absolute Gasteiger partial charge is 0.396 e. The lowest BCUT2D eigenvalue weighted by molar-refractivity contribution is 0.0995. The minimum Gasteiger partial charge on any atom is -0.396 e. The third kappa shape index (κ3) is 2.55. The molecule has 0 aliphatic carbocycles. The van der Waals surface area contributed by atoms with Gasteiger partial charge in [-0.05, 0) is 30.2 Å². The molecule has 0 fully saturated rings. The fraction of sp³-hybridized carbons (Fsp3) is 0.118. The van der Waals surface area contributed by atoms with Gasteiger partial charge in [0.2, 0.25) is 0 Å². The molecule has 5 N–H and O–H groups in total. The zero-order chi connectivity index (χ0) is 17.4. The van der Waals surface area contributed by atoms with E-state index in [9.17, 15) is 14.3 Å². The van der Waals surface area contributed by atoms with Crippen molar-refractivity contribution in [2.24, 2.45) is 5.73 Å². The maximum Gasteiger partial charge on any atom is 0.271 e. The highest BCUT2D eigenvalue weighted by molar-refractivity contribution is 6.07. The smallest absolute Gasteiger partial charge is 0.271 e. The Hall–Kier alpha value is -3.06. The van der Waals surface area contributed by atoms with Crippen LogP contribution in [0.15, 0.2) is 36.4 Å². The first-order chi connectivity index (χ1) is 11.4. The van der Waals surface area contributed by atoms with Crippen LogP contribution in [0, 0.1) is 5.82 Å². The summed E-state index contributed by atoms with van der Waals surface area (Å²) < 4.78 is 13.7. The molecule has 1 heterocycles. The average molecular weight is 326 g/mol. The van der Waals surface area contributed by atoms with E-state index >= 15 is 0 Å². The topological polar surface area (TPSA) is 115 Å². The SMILES string of the molecule is CC(O)c1ccc(F)cc1-c1cccc2c(N)c(C(N)=O)nnc12. The lowest BCUT2D eigenvalue weighted by atomic mass is 9.94. The van der Waals surface area contributed by atoms with Gasteiger partial charge in [-0.2, -0.15) is 0 Å². The number of nitrogens with two attached hydrogens (primary N) is 2. The number of benzene rings is 2. The van der Waals surface area contributed by atoms with Gasteiger partial charge in [0.1, 0.15) is 11.3 Å². The Morgan fingerprint density at radius 1 is 1.21 bits per heavy atom. The van der Waals surface area contributed by atoms with Gasteiger partial charge in [-0.15, -0.1) is 10.2 Å². The molecule has 0 aliphatic heterocycles. The molecule has 0 bridgehead atoms. The standard InChI is InChI=1S/C17H15FN4O2/c1-8(23)10-6-5-9(18)7-13(10)11-3-2-4-12-14(19)16(17(20)24)22-21-15(11)12/h2-8,23H,1H3,(H2,19,21)(H2,20,24). The minimum absolute atomic E-state index is 0.115. The molecule has 6 nitrogen and oxygen atoms in total. The Morgan fingerprint density at radius 3 is 2.62 bits per heavy atom. The van der Waals surface area contributed by atoms with E-state index in [0.29, 0.717) is 27.6 Å². The molecule has 1 atom stereocenters. The zero-order valence-electron chi connectivity index (χ0n) is 12.8. The van der Waals surface area contributed by atoms with E-state index in [1.807, 2.05) is 0 Å².